The Balaban J connectivity index is 1.88. The van der Waals surface area contributed by atoms with Crippen LogP contribution in [0.3, 0.4) is 0 Å². The Bertz CT molecular complexity index is 384. The van der Waals surface area contributed by atoms with E-state index in [4.69, 9.17) is 10.00 Å². The van der Waals surface area contributed by atoms with E-state index in [1.165, 1.54) is 5.56 Å². The summed E-state index contributed by atoms with van der Waals surface area (Å²) in [5.74, 6) is 0.918. The van der Waals surface area contributed by atoms with Crippen LogP contribution in [-0.4, -0.2) is 6.61 Å². The van der Waals surface area contributed by atoms with Crippen molar-refractivity contribution in [2.75, 3.05) is 6.61 Å². The lowest BCUT2D eigenvalue weighted by atomic mass is 10.1. The third-order valence-corrected chi connectivity index (χ3v) is 3.29. The van der Waals surface area contributed by atoms with Crippen molar-refractivity contribution in [2.45, 2.75) is 32.6 Å². The van der Waals surface area contributed by atoms with Gasteiger partial charge in [0.1, 0.15) is 5.75 Å². The van der Waals surface area contributed by atoms with Crippen LogP contribution in [0.25, 0.3) is 0 Å². The normalized spacial score (nSPS) is 16.5. The summed E-state index contributed by atoms with van der Waals surface area (Å²) in [5, 5.41) is 8.70. The summed E-state index contributed by atoms with van der Waals surface area (Å²) in [6.45, 7) is 2.83. The molecule has 0 saturated heterocycles. The minimum absolute atomic E-state index is 0.165. The maximum atomic E-state index is 8.70. The smallest absolute Gasteiger partial charge is 0.119 e. The standard InChI is InChI=1S/C14H17NO/c1-2-12-3-5-13(6-4-12)16-11-14(7-8-14)9-10-15/h3-6H,2,7-9,11H2,1H3. The number of nitriles is 1. The monoisotopic (exact) mass is 215 g/mol. The van der Waals surface area contributed by atoms with E-state index in [1.54, 1.807) is 0 Å². The lowest BCUT2D eigenvalue weighted by molar-refractivity contribution is 0.237. The number of hydrogen-bond donors (Lipinski definition) is 0. The molecule has 0 N–H and O–H groups in total. The maximum Gasteiger partial charge on any atom is 0.119 e. The maximum absolute atomic E-state index is 8.70. The number of rotatable bonds is 5. The average Bonchev–Trinajstić information content (AvgIpc) is 3.08. The summed E-state index contributed by atoms with van der Waals surface area (Å²) in [5.41, 5.74) is 1.49. The van der Waals surface area contributed by atoms with E-state index in [1.807, 2.05) is 12.1 Å². The van der Waals surface area contributed by atoms with Crippen LogP contribution in [0.1, 0.15) is 31.7 Å². The summed E-state index contributed by atoms with van der Waals surface area (Å²) < 4.78 is 5.73. The van der Waals surface area contributed by atoms with Gasteiger partial charge in [-0.25, -0.2) is 0 Å². The third-order valence-electron chi connectivity index (χ3n) is 3.29. The molecule has 1 aliphatic carbocycles. The van der Waals surface area contributed by atoms with E-state index in [0.717, 1.165) is 25.0 Å². The SMILES string of the molecule is CCc1ccc(OCC2(CC#N)CC2)cc1. The minimum Gasteiger partial charge on any atom is -0.493 e. The summed E-state index contributed by atoms with van der Waals surface area (Å²) in [6.07, 6.45) is 3.94. The molecule has 0 aliphatic heterocycles. The summed E-state index contributed by atoms with van der Waals surface area (Å²) >= 11 is 0. The minimum atomic E-state index is 0.165. The Hall–Kier alpha value is -1.49. The van der Waals surface area contributed by atoms with Gasteiger partial charge in [-0.3, -0.25) is 0 Å². The highest BCUT2D eigenvalue weighted by molar-refractivity contribution is 5.27. The molecule has 0 aromatic heterocycles. The molecule has 0 unspecified atom stereocenters. The van der Waals surface area contributed by atoms with E-state index >= 15 is 0 Å². The Morgan fingerprint density at radius 3 is 2.50 bits per heavy atom. The molecular formula is C14H17NO. The van der Waals surface area contributed by atoms with Crippen LogP contribution in [0.15, 0.2) is 24.3 Å². The van der Waals surface area contributed by atoms with Gasteiger partial charge in [-0.1, -0.05) is 19.1 Å². The van der Waals surface area contributed by atoms with Crippen LogP contribution in [0.5, 0.6) is 5.75 Å². The molecule has 1 aliphatic rings. The van der Waals surface area contributed by atoms with Gasteiger partial charge in [0.05, 0.1) is 12.7 Å². The second-order valence-corrected chi connectivity index (χ2v) is 4.62. The van der Waals surface area contributed by atoms with Gasteiger partial charge in [-0.2, -0.15) is 5.26 Å². The molecule has 0 bridgehead atoms. The summed E-state index contributed by atoms with van der Waals surface area (Å²) in [4.78, 5) is 0. The zero-order valence-corrected chi connectivity index (χ0v) is 9.70. The quantitative estimate of drug-likeness (QED) is 0.754. The van der Waals surface area contributed by atoms with Gasteiger partial charge in [-0.05, 0) is 37.0 Å². The van der Waals surface area contributed by atoms with Crippen LogP contribution in [-0.2, 0) is 6.42 Å². The highest BCUT2D eigenvalue weighted by atomic mass is 16.5. The van der Waals surface area contributed by atoms with Crippen LogP contribution in [0.4, 0.5) is 0 Å². The van der Waals surface area contributed by atoms with Crippen molar-refractivity contribution in [3.05, 3.63) is 29.8 Å². The molecule has 0 radical (unpaired) electrons. The number of hydrogen-bond acceptors (Lipinski definition) is 2. The van der Waals surface area contributed by atoms with E-state index in [9.17, 15) is 0 Å². The molecule has 16 heavy (non-hydrogen) atoms. The van der Waals surface area contributed by atoms with Gasteiger partial charge < -0.3 is 4.74 Å². The molecule has 2 rings (SSSR count). The molecule has 2 nitrogen and oxygen atoms in total. The molecule has 0 atom stereocenters. The second-order valence-electron chi connectivity index (χ2n) is 4.62. The van der Waals surface area contributed by atoms with E-state index in [2.05, 4.69) is 25.1 Å². The van der Waals surface area contributed by atoms with E-state index in [-0.39, 0.29) is 5.41 Å². The molecule has 1 aromatic carbocycles. The van der Waals surface area contributed by atoms with Gasteiger partial charge in [0.15, 0.2) is 0 Å². The van der Waals surface area contributed by atoms with Crippen molar-refractivity contribution in [3.63, 3.8) is 0 Å². The Labute approximate surface area is 96.9 Å². The van der Waals surface area contributed by atoms with Crippen molar-refractivity contribution in [2.24, 2.45) is 5.41 Å². The second kappa shape index (κ2) is 4.57. The molecule has 2 heteroatoms. The zero-order chi connectivity index (χ0) is 11.4. The molecule has 0 spiro atoms. The van der Waals surface area contributed by atoms with Gasteiger partial charge in [0, 0.05) is 11.8 Å². The Morgan fingerprint density at radius 1 is 1.31 bits per heavy atom. The fourth-order valence-electron chi connectivity index (χ4n) is 1.77. The lowest BCUT2D eigenvalue weighted by Crippen LogP contribution is -2.12. The summed E-state index contributed by atoms with van der Waals surface area (Å²) in [6, 6.07) is 10.5. The molecule has 1 aromatic rings. The predicted molar refractivity (Wildman–Crippen MR) is 63.2 cm³/mol. The highest BCUT2D eigenvalue weighted by Crippen LogP contribution is 2.48. The van der Waals surface area contributed by atoms with Crippen molar-refractivity contribution >= 4 is 0 Å². The number of nitrogens with zero attached hydrogens (tertiary/aromatic N) is 1. The number of ether oxygens (including phenoxy) is 1. The average molecular weight is 215 g/mol. The molecule has 1 fully saturated rings. The Kier molecular flexibility index (Phi) is 3.14. The number of aryl methyl sites for hydroxylation is 1. The molecule has 1 saturated carbocycles. The van der Waals surface area contributed by atoms with Crippen LogP contribution in [0, 0.1) is 16.7 Å². The fourth-order valence-corrected chi connectivity index (χ4v) is 1.77. The predicted octanol–water partition coefficient (Wildman–Crippen LogP) is 3.32. The largest absolute Gasteiger partial charge is 0.493 e. The first-order valence-electron chi connectivity index (χ1n) is 5.87. The Morgan fingerprint density at radius 2 is 2.00 bits per heavy atom. The van der Waals surface area contributed by atoms with Gasteiger partial charge in [0.2, 0.25) is 0 Å². The van der Waals surface area contributed by atoms with Crippen LogP contribution < -0.4 is 4.74 Å². The van der Waals surface area contributed by atoms with Crippen LogP contribution in [0.2, 0.25) is 0 Å². The van der Waals surface area contributed by atoms with Crippen molar-refractivity contribution in [3.8, 4) is 11.8 Å². The third kappa shape index (κ3) is 2.55. The van der Waals surface area contributed by atoms with Crippen molar-refractivity contribution in [1.82, 2.24) is 0 Å². The van der Waals surface area contributed by atoms with Gasteiger partial charge in [-0.15, -0.1) is 0 Å². The lowest BCUT2D eigenvalue weighted by Gasteiger charge is -2.12. The van der Waals surface area contributed by atoms with Gasteiger partial charge in [0.25, 0.3) is 0 Å². The first kappa shape index (κ1) is 11.0. The number of benzene rings is 1. The highest BCUT2D eigenvalue weighted by Gasteiger charge is 2.43. The first-order valence-corrected chi connectivity index (χ1v) is 5.87. The van der Waals surface area contributed by atoms with E-state index < -0.39 is 0 Å². The molecule has 0 amide bonds. The molecular weight excluding hydrogens is 198 g/mol. The molecule has 0 heterocycles. The first-order chi connectivity index (χ1) is 7.78. The van der Waals surface area contributed by atoms with Crippen LogP contribution >= 0.6 is 0 Å². The fraction of sp³-hybridized carbons (Fsp3) is 0.500. The van der Waals surface area contributed by atoms with E-state index in [0.29, 0.717) is 13.0 Å². The zero-order valence-electron chi connectivity index (χ0n) is 9.70. The van der Waals surface area contributed by atoms with Crippen molar-refractivity contribution < 1.29 is 4.74 Å². The topological polar surface area (TPSA) is 33.0 Å². The summed E-state index contributed by atoms with van der Waals surface area (Å²) in [7, 11) is 0. The van der Waals surface area contributed by atoms with Crippen molar-refractivity contribution in [1.29, 1.82) is 5.26 Å². The van der Waals surface area contributed by atoms with Gasteiger partial charge >= 0.3 is 0 Å². The molecule has 84 valence electrons.